The molecule has 1 heterocycles. The van der Waals surface area contributed by atoms with Gasteiger partial charge in [-0.05, 0) is 36.4 Å². The van der Waals surface area contributed by atoms with Gasteiger partial charge in [-0.1, -0.05) is 11.8 Å². The van der Waals surface area contributed by atoms with Crippen molar-refractivity contribution < 1.29 is 23.5 Å². The molecule has 29 heavy (non-hydrogen) atoms. The van der Waals surface area contributed by atoms with E-state index in [1.165, 1.54) is 6.92 Å². The molecule has 0 aliphatic heterocycles. The summed E-state index contributed by atoms with van der Waals surface area (Å²) < 4.78 is 16.1. The number of rotatable bonds is 8. The van der Waals surface area contributed by atoms with Crippen molar-refractivity contribution in [2.24, 2.45) is 0 Å². The average molecular weight is 413 g/mol. The molecule has 9 heteroatoms. The summed E-state index contributed by atoms with van der Waals surface area (Å²) in [5.74, 6) is 1.39. The van der Waals surface area contributed by atoms with Crippen LogP contribution in [0.15, 0.2) is 52.1 Å². The lowest BCUT2D eigenvalue weighted by molar-refractivity contribution is -0.114. The molecule has 3 rings (SSSR count). The third-order valence-electron chi connectivity index (χ3n) is 3.86. The Bertz CT molecular complexity index is 995. The Labute approximate surface area is 171 Å². The average Bonchev–Trinajstić information content (AvgIpc) is 3.21. The zero-order valence-electron chi connectivity index (χ0n) is 16.1. The molecule has 0 unspecified atom stereocenters. The van der Waals surface area contributed by atoms with Gasteiger partial charge in [-0.3, -0.25) is 9.59 Å². The first kappa shape index (κ1) is 20.4. The SMILES string of the molecule is COc1cc(OC)cc(-c2nnc(SCC(=O)c3ccc(NC(C)=O)cc3)o2)c1. The summed E-state index contributed by atoms with van der Waals surface area (Å²) in [7, 11) is 3.12. The predicted octanol–water partition coefficient (Wildman–Crippen LogP) is 3.69. The second kappa shape index (κ2) is 9.24. The number of carbonyl (C=O) groups excluding carboxylic acids is 2. The summed E-state index contributed by atoms with van der Waals surface area (Å²) in [4.78, 5) is 23.4. The van der Waals surface area contributed by atoms with Crippen LogP contribution in [0.4, 0.5) is 5.69 Å². The van der Waals surface area contributed by atoms with Gasteiger partial charge in [0.1, 0.15) is 11.5 Å². The van der Waals surface area contributed by atoms with Crippen molar-refractivity contribution in [2.75, 3.05) is 25.3 Å². The van der Waals surface area contributed by atoms with E-state index in [9.17, 15) is 9.59 Å². The van der Waals surface area contributed by atoms with Crippen LogP contribution in [-0.2, 0) is 4.79 Å². The third-order valence-corrected chi connectivity index (χ3v) is 4.68. The van der Waals surface area contributed by atoms with Crippen LogP contribution < -0.4 is 14.8 Å². The monoisotopic (exact) mass is 413 g/mol. The molecule has 8 nitrogen and oxygen atoms in total. The number of benzene rings is 2. The van der Waals surface area contributed by atoms with Crippen molar-refractivity contribution in [3.63, 3.8) is 0 Å². The van der Waals surface area contributed by atoms with Crippen LogP contribution in [0.1, 0.15) is 17.3 Å². The molecule has 0 fully saturated rings. The Morgan fingerprint density at radius 1 is 1.03 bits per heavy atom. The molecular formula is C20H19N3O5S. The maximum atomic E-state index is 12.4. The molecule has 2 aromatic carbocycles. The number of nitrogens with one attached hydrogen (secondary N) is 1. The molecule has 0 bridgehead atoms. The number of hydrogen-bond donors (Lipinski definition) is 1. The molecule has 1 aromatic heterocycles. The number of ether oxygens (including phenoxy) is 2. The van der Waals surface area contributed by atoms with Crippen molar-refractivity contribution in [3.05, 3.63) is 48.0 Å². The van der Waals surface area contributed by atoms with E-state index in [0.717, 1.165) is 11.8 Å². The van der Waals surface area contributed by atoms with Gasteiger partial charge in [0.25, 0.3) is 5.22 Å². The third kappa shape index (κ3) is 5.35. The summed E-state index contributed by atoms with van der Waals surface area (Å²) in [6.07, 6.45) is 0. The Kier molecular flexibility index (Phi) is 6.50. The fourth-order valence-corrected chi connectivity index (χ4v) is 3.13. The summed E-state index contributed by atoms with van der Waals surface area (Å²) in [5, 5.41) is 10.9. The molecule has 0 saturated heterocycles. The smallest absolute Gasteiger partial charge is 0.277 e. The summed E-state index contributed by atoms with van der Waals surface area (Å²) >= 11 is 1.15. The van der Waals surface area contributed by atoms with Crippen molar-refractivity contribution in [3.8, 4) is 23.0 Å². The molecule has 0 aliphatic carbocycles. The molecule has 0 atom stereocenters. The Morgan fingerprint density at radius 2 is 1.69 bits per heavy atom. The van der Waals surface area contributed by atoms with E-state index in [2.05, 4.69) is 15.5 Å². The summed E-state index contributed by atoms with van der Waals surface area (Å²) in [6.45, 7) is 1.43. The van der Waals surface area contributed by atoms with Gasteiger partial charge in [0.2, 0.25) is 11.8 Å². The number of anilines is 1. The fourth-order valence-electron chi connectivity index (χ4n) is 2.47. The van der Waals surface area contributed by atoms with Gasteiger partial charge in [-0.15, -0.1) is 10.2 Å². The quantitative estimate of drug-likeness (QED) is 0.440. The molecule has 0 saturated carbocycles. The van der Waals surface area contributed by atoms with Crippen LogP contribution in [0.25, 0.3) is 11.5 Å². The highest BCUT2D eigenvalue weighted by atomic mass is 32.2. The van der Waals surface area contributed by atoms with E-state index in [-0.39, 0.29) is 22.7 Å². The van der Waals surface area contributed by atoms with Crippen LogP contribution in [0.3, 0.4) is 0 Å². The second-order valence-electron chi connectivity index (χ2n) is 5.94. The number of methoxy groups -OCH3 is 2. The van der Waals surface area contributed by atoms with Crippen LogP contribution >= 0.6 is 11.8 Å². The molecule has 1 N–H and O–H groups in total. The Balaban J connectivity index is 1.65. The van der Waals surface area contributed by atoms with E-state index in [1.807, 2.05) is 0 Å². The van der Waals surface area contributed by atoms with Crippen molar-refractivity contribution in [2.45, 2.75) is 12.1 Å². The zero-order valence-corrected chi connectivity index (χ0v) is 16.9. The minimum absolute atomic E-state index is 0.0906. The maximum Gasteiger partial charge on any atom is 0.277 e. The lowest BCUT2D eigenvalue weighted by Crippen LogP contribution is -2.07. The van der Waals surface area contributed by atoms with Crippen LogP contribution in [0.2, 0.25) is 0 Å². The van der Waals surface area contributed by atoms with E-state index >= 15 is 0 Å². The van der Waals surface area contributed by atoms with Gasteiger partial charge in [0.05, 0.1) is 20.0 Å². The molecular weight excluding hydrogens is 394 g/mol. The van der Waals surface area contributed by atoms with Gasteiger partial charge < -0.3 is 19.2 Å². The summed E-state index contributed by atoms with van der Waals surface area (Å²) in [5.41, 5.74) is 1.82. The lowest BCUT2D eigenvalue weighted by atomic mass is 10.1. The highest BCUT2D eigenvalue weighted by molar-refractivity contribution is 7.99. The number of amides is 1. The minimum atomic E-state index is -0.166. The largest absolute Gasteiger partial charge is 0.497 e. The highest BCUT2D eigenvalue weighted by Gasteiger charge is 2.14. The molecule has 0 aliphatic rings. The van der Waals surface area contributed by atoms with Crippen molar-refractivity contribution in [1.29, 1.82) is 0 Å². The van der Waals surface area contributed by atoms with Crippen LogP contribution in [0.5, 0.6) is 11.5 Å². The van der Waals surface area contributed by atoms with Gasteiger partial charge in [0, 0.05) is 29.8 Å². The Hall–Kier alpha value is -3.33. The first-order valence-electron chi connectivity index (χ1n) is 8.59. The molecule has 3 aromatic rings. The minimum Gasteiger partial charge on any atom is -0.497 e. The molecule has 150 valence electrons. The fraction of sp³-hybridized carbons (Fsp3) is 0.200. The van der Waals surface area contributed by atoms with Gasteiger partial charge >= 0.3 is 0 Å². The van der Waals surface area contributed by atoms with Gasteiger partial charge in [-0.2, -0.15) is 0 Å². The number of thioether (sulfide) groups is 1. The topological polar surface area (TPSA) is 104 Å². The van der Waals surface area contributed by atoms with Crippen LogP contribution in [-0.4, -0.2) is 41.9 Å². The van der Waals surface area contributed by atoms with E-state index in [0.29, 0.717) is 34.2 Å². The van der Waals surface area contributed by atoms with E-state index in [4.69, 9.17) is 13.9 Å². The number of hydrogen-bond acceptors (Lipinski definition) is 8. The summed E-state index contributed by atoms with van der Waals surface area (Å²) in [6, 6.07) is 11.9. The molecule has 0 radical (unpaired) electrons. The van der Waals surface area contributed by atoms with Crippen molar-refractivity contribution >= 4 is 29.1 Å². The number of Topliss-reactive ketones (excluding diaryl/α,β-unsaturated/α-hetero) is 1. The Morgan fingerprint density at radius 3 is 2.28 bits per heavy atom. The van der Waals surface area contributed by atoms with Gasteiger partial charge in [0.15, 0.2) is 5.78 Å². The number of carbonyl (C=O) groups is 2. The normalized spacial score (nSPS) is 10.4. The van der Waals surface area contributed by atoms with Gasteiger partial charge in [-0.25, -0.2) is 0 Å². The van der Waals surface area contributed by atoms with E-state index < -0.39 is 0 Å². The van der Waals surface area contributed by atoms with Crippen molar-refractivity contribution in [1.82, 2.24) is 10.2 Å². The van der Waals surface area contributed by atoms with E-state index in [1.54, 1.807) is 56.7 Å². The number of nitrogens with zero attached hydrogens (tertiary/aromatic N) is 2. The molecule has 1 amide bonds. The highest BCUT2D eigenvalue weighted by Crippen LogP contribution is 2.30. The zero-order chi connectivity index (χ0) is 20.8. The first-order chi connectivity index (χ1) is 14.0. The second-order valence-corrected chi connectivity index (χ2v) is 6.87. The number of aromatic nitrogens is 2. The lowest BCUT2D eigenvalue weighted by Gasteiger charge is -2.05. The number of ketones is 1. The standard InChI is InChI=1S/C20H19N3O5S/c1-12(24)21-15-6-4-13(5-7-15)18(25)11-29-20-23-22-19(28-20)14-8-16(26-2)10-17(9-14)27-3/h4-10H,11H2,1-3H3,(H,21,24). The molecule has 0 spiro atoms. The first-order valence-corrected chi connectivity index (χ1v) is 9.57. The van der Waals surface area contributed by atoms with Crippen LogP contribution in [0, 0.1) is 0 Å². The predicted molar refractivity (Wildman–Crippen MR) is 109 cm³/mol. The maximum absolute atomic E-state index is 12.4.